The lowest BCUT2D eigenvalue weighted by molar-refractivity contribution is -0.111. The van der Waals surface area contributed by atoms with Crippen molar-refractivity contribution < 1.29 is 22.0 Å². The van der Waals surface area contributed by atoms with Crippen LogP contribution in [-0.4, -0.2) is 14.3 Å². The van der Waals surface area contributed by atoms with Crippen LogP contribution in [0.1, 0.15) is 5.56 Å². The van der Waals surface area contributed by atoms with Gasteiger partial charge >= 0.3 is 0 Å². The molecule has 0 radical (unpaired) electrons. The summed E-state index contributed by atoms with van der Waals surface area (Å²) in [6, 6.07) is 17.3. The Morgan fingerprint density at radius 1 is 0.793 bits per heavy atom. The summed E-state index contributed by atoms with van der Waals surface area (Å²) in [4.78, 5) is 12.0. The molecule has 0 aromatic heterocycles. The molecule has 5 nitrogen and oxygen atoms in total. The predicted octanol–water partition coefficient (Wildman–Crippen LogP) is 4.42. The fraction of sp³-hybridized carbons (Fsp3) is 0. The van der Waals surface area contributed by atoms with Gasteiger partial charge < -0.3 is 5.32 Å². The van der Waals surface area contributed by atoms with Crippen LogP contribution in [0.2, 0.25) is 0 Å². The molecule has 2 N–H and O–H groups in total. The Morgan fingerprint density at radius 3 is 2.03 bits per heavy atom. The maximum Gasteiger partial charge on any atom is 0.261 e. The molecule has 0 unspecified atom stereocenters. The van der Waals surface area contributed by atoms with E-state index in [1.807, 2.05) is 0 Å². The molecule has 8 heteroatoms. The highest BCUT2D eigenvalue weighted by Gasteiger charge is 2.14. The summed E-state index contributed by atoms with van der Waals surface area (Å²) in [6.45, 7) is 0. The molecule has 0 saturated heterocycles. The van der Waals surface area contributed by atoms with Crippen LogP contribution < -0.4 is 10.0 Å². The van der Waals surface area contributed by atoms with Gasteiger partial charge in [-0.2, -0.15) is 0 Å². The van der Waals surface area contributed by atoms with E-state index >= 15 is 0 Å². The minimum absolute atomic E-state index is 0.0170. The zero-order valence-electron chi connectivity index (χ0n) is 15.0. The molecule has 0 saturated carbocycles. The first-order valence-corrected chi connectivity index (χ1v) is 9.94. The molecule has 148 valence electrons. The van der Waals surface area contributed by atoms with Crippen LogP contribution in [0.25, 0.3) is 6.08 Å². The third-order valence-corrected chi connectivity index (χ3v) is 5.26. The first-order chi connectivity index (χ1) is 13.8. The van der Waals surface area contributed by atoms with Crippen LogP contribution in [0, 0.1) is 11.6 Å². The van der Waals surface area contributed by atoms with Crippen molar-refractivity contribution in [3.63, 3.8) is 0 Å². The van der Waals surface area contributed by atoms with Crippen molar-refractivity contribution in [1.29, 1.82) is 0 Å². The highest BCUT2D eigenvalue weighted by atomic mass is 32.2. The second kappa shape index (κ2) is 8.66. The van der Waals surface area contributed by atoms with E-state index in [0.29, 0.717) is 11.4 Å². The second-order valence-corrected chi connectivity index (χ2v) is 7.64. The van der Waals surface area contributed by atoms with E-state index in [-0.39, 0.29) is 10.5 Å². The number of halogens is 2. The largest absolute Gasteiger partial charge is 0.323 e. The first-order valence-electron chi connectivity index (χ1n) is 8.46. The molecular formula is C21H16F2N2O3S. The SMILES string of the molecule is O=C(/C=C/c1c(F)cccc1F)Nc1ccc(S(=O)(=O)Nc2ccccc2)cc1. The highest BCUT2D eigenvalue weighted by molar-refractivity contribution is 7.92. The van der Waals surface area contributed by atoms with Crippen LogP contribution in [0.3, 0.4) is 0 Å². The van der Waals surface area contributed by atoms with E-state index in [4.69, 9.17) is 0 Å². The Labute approximate surface area is 166 Å². The summed E-state index contributed by atoms with van der Waals surface area (Å²) in [6.07, 6.45) is 2.02. The molecule has 0 fully saturated rings. The maximum absolute atomic E-state index is 13.6. The summed E-state index contributed by atoms with van der Waals surface area (Å²) in [5, 5.41) is 2.49. The number of benzene rings is 3. The number of carbonyl (C=O) groups is 1. The molecule has 0 aliphatic rings. The lowest BCUT2D eigenvalue weighted by atomic mass is 10.2. The molecule has 3 aromatic carbocycles. The number of hydrogen-bond donors (Lipinski definition) is 2. The van der Waals surface area contributed by atoms with Crippen LogP contribution >= 0.6 is 0 Å². The molecule has 1 amide bonds. The number of nitrogens with one attached hydrogen (secondary N) is 2. The van der Waals surface area contributed by atoms with Gasteiger partial charge in [-0.3, -0.25) is 9.52 Å². The zero-order chi connectivity index (χ0) is 20.9. The third-order valence-electron chi connectivity index (χ3n) is 3.86. The molecule has 0 heterocycles. The zero-order valence-corrected chi connectivity index (χ0v) is 15.8. The predicted molar refractivity (Wildman–Crippen MR) is 108 cm³/mol. The van der Waals surface area contributed by atoms with Gasteiger partial charge in [0.2, 0.25) is 5.91 Å². The molecule has 3 aromatic rings. The quantitative estimate of drug-likeness (QED) is 0.587. The van der Waals surface area contributed by atoms with E-state index < -0.39 is 27.6 Å². The normalized spacial score (nSPS) is 11.4. The standard InChI is InChI=1S/C21H16F2N2O3S/c22-19-7-4-8-20(23)18(19)13-14-21(26)24-15-9-11-17(12-10-15)29(27,28)25-16-5-2-1-3-6-16/h1-14,25H,(H,24,26)/b14-13+. The van der Waals surface area contributed by atoms with E-state index in [1.54, 1.807) is 30.3 Å². The lowest BCUT2D eigenvalue weighted by Gasteiger charge is -2.09. The number of para-hydroxylation sites is 1. The number of amides is 1. The van der Waals surface area contributed by atoms with Crippen molar-refractivity contribution in [1.82, 2.24) is 0 Å². The van der Waals surface area contributed by atoms with Gasteiger partial charge in [-0.25, -0.2) is 17.2 Å². The summed E-state index contributed by atoms with van der Waals surface area (Å²) >= 11 is 0. The monoisotopic (exact) mass is 414 g/mol. The molecule has 0 atom stereocenters. The van der Waals surface area contributed by atoms with Crippen molar-refractivity contribution in [3.8, 4) is 0 Å². The third kappa shape index (κ3) is 5.26. The van der Waals surface area contributed by atoms with Crippen LogP contribution in [-0.2, 0) is 14.8 Å². The Kier molecular flexibility index (Phi) is 6.04. The average molecular weight is 414 g/mol. The number of carbonyl (C=O) groups excluding carboxylic acids is 1. The topological polar surface area (TPSA) is 75.3 Å². The fourth-order valence-electron chi connectivity index (χ4n) is 2.45. The second-order valence-electron chi connectivity index (χ2n) is 5.95. The van der Waals surface area contributed by atoms with Gasteiger partial charge in [0.05, 0.1) is 4.90 Å². The van der Waals surface area contributed by atoms with Crippen LogP contribution in [0.5, 0.6) is 0 Å². The van der Waals surface area contributed by atoms with Gasteiger partial charge in [-0.1, -0.05) is 24.3 Å². The summed E-state index contributed by atoms with van der Waals surface area (Å²) in [5.41, 5.74) is 0.429. The summed E-state index contributed by atoms with van der Waals surface area (Å²) < 4.78 is 54.3. The first kappa shape index (κ1) is 20.2. The number of hydrogen-bond acceptors (Lipinski definition) is 3. The molecule has 0 spiro atoms. The van der Waals surface area contributed by atoms with Crippen LogP contribution in [0.15, 0.2) is 83.8 Å². The summed E-state index contributed by atoms with van der Waals surface area (Å²) in [7, 11) is -3.77. The van der Waals surface area contributed by atoms with Gasteiger partial charge in [0.25, 0.3) is 10.0 Å². The Hall–Kier alpha value is -3.52. The van der Waals surface area contributed by atoms with E-state index in [0.717, 1.165) is 24.3 Å². The highest BCUT2D eigenvalue weighted by Crippen LogP contribution is 2.18. The van der Waals surface area contributed by atoms with Crippen molar-refractivity contribution >= 4 is 33.4 Å². The molecule has 0 bridgehead atoms. The Balaban J connectivity index is 1.67. The maximum atomic E-state index is 13.6. The Bertz CT molecular complexity index is 1130. The van der Waals surface area contributed by atoms with E-state index in [2.05, 4.69) is 10.0 Å². The minimum Gasteiger partial charge on any atom is -0.323 e. The minimum atomic E-state index is -3.77. The molecule has 0 aliphatic heterocycles. The smallest absolute Gasteiger partial charge is 0.261 e. The van der Waals surface area contributed by atoms with Gasteiger partial charge in [-0.05, 0) is 54.6 Å². The van der Waals surface area contributed by atoms with Crippen molar-refractivity contribution in [2.24, 2.45) is 0 Å². The molecular weight excluding hydrogens is 398 g/mol. The van der Waals surface area contributed by atoms with Gasteiger partial charge in [0.15, 0.2) is 0 Å². The van der Waals surface area contributed by atoms with Gasteiger partial charge in [0.1, 0.15) is 11.6 Å². The van der Waals surface area contributed by atoms with Gasteiger partial charge in [0, 0.05) is 23.0 Å². The van der Waals surface area contributed by atoms with Crippen molar-refractivity contribution in [2.75, 3.05) is 10.0 Å². The van der Waals surface area contributed by atoms with Gasteiger partial charge in [-0.15, -0.1) is 0 Å². The average Bonchev–Trinajstić information content (AvgIpc) is 2.68. The summed E-state index contributed by atoms with van der Waals surface area (Å²) in [5.74, 6) is -2.19. The number of rotatable bonds is 6. The number of anilines is 2. The van der Waals surface area contributed by atoms with Crippen LogP contribution in [0.4, 0.5) is 20.2 Å². The molecule has 3 rings (SSSR count). The Morgan fingerprint density at radius 2 is 1.41 bits per heavy atom. The number of sulfonamides is 1. The fourth-order valence-corrected chi connectivity index (χ4v) is 3.51. The van der Waals surface area contributed by atoms with E-state index in [9.17, 15) is 22.0 Å². The molecule has 0 aliphatic carbocycles. The van der Waals surface area contributed by atoms with Crippen molar-refractivity contribution in [3.05, 3.63) is 96.1 Å². The lowest BCUT2D eigenvalue weighted by Crippen LogP contribution is -2.13. The van der Waals surface area contributed by atoms with E-state index in [1.165, 1.54) is 30.3 Å². The van der Waals surface area contributed by atoms with Crippen molar-refractivity contribution in [2.45, 2.75) is 4.90 Å². The molecule has 29 heavy (non-hydrogen) atoms.